The molecule has 1 unspecified atom stereocenters. The second-order valence-corrected chi connectivity index (χ2v) is 9.24. The third-order valence-electron chi connectivity index (χ3n) is 7.03. The van der Waals surface area contributed by atoms with Crippen LogP contribution in [0.1, 0.15) is 48.8 Å². The Labute approximate surface area is 214 Å². The number of benzene rings is 2. The van der Waals surface area contributed by atoms with Gasteiger partial charge in [0.15, 0.2) is 0 Å². The zero-order valence-electron chi connectivity index (χ0n) is 21.2. The average molecular weight is 517 g/mol. The van der Waals surface area contributed by atoms with Gasteiger partial charge < -0.3 is 13.9 Å². The highest BCUT2D eigenvalue weighted by Gasteiger charge is 2.46. The van der Waals surface area contributed by atoms with E-state index in [-0.39, 0.29) is 11.9 Å². The fourth-order valence-electron chi connectivity index (χ4n) is 4.89. The molecule has 0 bridgehead atoms. The van der Waals surface area contributed by atoms with Crippen molar-refractivity contribution in [3.05, 3.63) is 71.1 Å². The number of nitrogens with zero attached hydrogens (tertiary/aromatic N) is 2. The topological polar surface area (TPSA) is 64.8 Å². The lowest BCUT2D eigenvalue weighted by atomic mass is 9.92. The van der Waals surface area contributed by atoms with E-state index < -0.39 is 17.3 Å². The molecular formula is C28H31F3N2O4. The number of aromatic nitrogens is 1. The Bertz CT molecular complexity index is 1210. The predicted octanol–water partition coefficient (Wildman–Crippen LogP) is 6.21. The predicted molar refractivity (Wildman–Crippen MR) is 132 cm³/mol. The van der Waals surface area contributed by atoms with Gasteiger partial charge in [0.2, 0.25) is 5.89 Å². The summed E-state index contributed by atoms with van der Waals surface area (Å²) in [6.45, 7) is 5.68. The van der Waals surface area contributed by atoms with Crippen LogP contribution in [0.4, 0.5) is 13.2 Å². The Morgan fingerprint density at radius 2 is 1.84 bits per heavy atom. The molecule has 1 atom stereocenters. The van der Waals surface area contributed by atoms with Crippen LogP contribution in [0.2, 0.25) is 0 Å². The molecule has 1 fully saturated rings. The molecule has 0 N–H and O–H groups in total. The minimum absolute atomic E-state index is 0.169. The lowest BCUT2D eigenvalue weighted by Gasteiger charge is -2.35. The van der Waals surface area contributed by atoms with Crippen LogP contribution in [-0.4, -0.2) is 41.7 Å². The number of rotatable bonds is 9. The number of ether oxygens (including phenoxy) is 2. The Morgan fingerprint density at radius 3 is 2.46 bits per heavy atom. The quantitative estimate of drug-likeness (QED) is 0.315. The van der Waals surface area contributed by atoms with Gasteiger partial charge in [-0.05, 0) is 74.7 Å². The van der Waals surface area contributed by atoms with Gasteiger partial charge >= 0.3 is 12.1 Å². The van der Waals surface area contributed by atoms with E-state index in [1.165, 1.54) is 19.2 Å². The highest BCUT2D eigenvalue weighted by Crippen LogP contribution is 2.35. The van der Waals surface area contributed by atoms with Crippen molar-refractivity contribution in [1.82, 2.24) is 9.88 Å². The van der Waals surface area contributed by atoms with Crippen molar-refractivity contribution in [2.45, 2.75) is 57.8 Å². The number of methoxy groups -OCH3 is 1. The van der Waals surface area contributed by atoms with Crippen LogP contribution in [0.15, 0.2) is 52.9 Å². The van der Waals surface area contributed by atoms with Crippen LogP contribution < -0.4 is 4.74 Å². The first kappa shape index (κ1) is 26.7. The minimum atomic E-state index is -4.39. The zero-order valence-corrected chi connectivity index (χ0v) is 21.2. The molecule has 1 aromatic heterocycles. The molecule has 2 heterocycles. The maximum Gasteiger partial charge on any atom is 0.416 e. The van der Waals surface area contributed by atoms with Gasteiger partial charge in [0.05, 0.1) is 25.0 Å². The molecule has 2 aromatic carbocycles. The third-order valence-corrected chi connectivity index (χ3v) is 7.03. The van der Waals surface area contributed by atoms with Gasteiger partial charge in [0, 0.05) is 18.5 Å². The molecule has 0 spiro atoms. The number of aryl methyl sites for hydroxylation is 1. The summed E-state index contributed by atoms with van der Waals surface area (Å²) >= 11 is 0. The Hall–Kier alpha value is -3.33. The molecule has 198 valence electrons. The molecule has 1 aliphatic heterocycles. The second kappa shape index (κ2) is 11.0. The highest BCUT2D eigenvalue weighted by molar-refractivity contribution is 5.81. The maximum absolute atomic E-state index is 12.8. The summed E-state index contributed by atoms with van der Waals surface area (Å²) in [4.78, 5) is 19.1. The van der Waals surface area contributed by atoms with E-state index in [9.17, 15) is 18.0 Å². The van der Waals surface area contributed by atoms with Gasteiger partial charge in [0.1, 0.15) is 17.0 Å². The lowest BCUT2D eigenvalue weighted by molar-refractivity contribution is -0.154. The number of halogens is 3. The molecule has 1 aliphatic rings. The number of esters is 1. The Morgan fingerprint density at radius 1 is 1.14 bits per heavy atom. The maximum atomic E-state index is 12.8. The number of hydrogen-bond acceptors (Lipinski definition) is 6. The number of alkyl halides is 3. The van der Waals surface area contributed by atoms with Crippen LogP contribution in [-0.2, 0) is 28.7 Å². The summed E-state index contributed by atoms with van der Waals surface area (Å²) in [6, 6.07) is 12.5. The first-order valence-corrected chi connectivity index (χ1v) is 12.4. The van der Waals surface area contributed by atoms with Gasteiger partial charge in [0.25, 0.3) is 0 Å². The second-order valence-electron chi connectivity index (χ2n) is 9.24. The monoisotopic (exact) mass is 516 g/mol. The SMILES string of the molecule is CCC1(C(=O)OC)CCCN1Cc1ccc(OCCc2nc(-c3ccc(C(F)(F)F)cc3)oc2C)cc1. The van der Waals surface area contributed by atoms with Crippen LogP contribution in [0.3, 0.4) is 0 Å². The number of carbonyl (C=O) groups excluding carboxylic acids is 1. The molecule has 0 aliphatic carbocycles. The van der Waals surface area contributed by atoms with E-state index in [2.05, 4.69) is 9.88 Å². The van der Waals surface area contributed by atoms with Crippen LogP contribution in [0, 0.1) is 6.92 Å². The fourth-order valence-corrected chi connectivity index (χ4v) is 4.89. The van der Waals surface area contributed by atoms with Crippen molar-refractivity contribution in [1.29, 1.82) is 0 Å². The van der Waals surface area contributed by atoms with Gasteiger partial charge in [-0.2, -0.15) is 13.2 Å². The Kier molecular flexibility index (Phi) is 7.92. The van der Waals surface area contributed by atoms with Gasteiger partial charge in [-0.1, -0.05) is 19.1 Å². The summed E-state index contributed by atoms with van der Waals surface area (Å²) in [6.07, 6.45) is -1.42. The molecular weight excluding hydrogens is 485 g/mol. The zero-order chi connectivity index (χ0) is 26.6. The molecule has 0 saturated carbocycles. The van der Waals surface area contributed by atoms with E-state index >= 15 is 0 Å². The third kappa shape index (κ3) is 5.82. The smallest absolute Gasteiger partial charge is 0.416 e. The largest absolute Gasteiger partial charge is 0.493 e. The molecule has 6 nitrogen and oxygen atoms in total. The minimum Gasteiger partial charge on any atom is -0.493 e. The number of carbonyl (C=O) groups is 1. The summed E-state index contributed by atoms with van der Waals surface area (Å²) in [5.74, 6) is 1.42. The lowest BCUT2D eigenvalue weighted by Crippen LogP contribution is -2.50. The first-order valence-electron chi connectivity index (χ1n) is 12.4. The summed E-state index contributed by atoms with van der Waals surface area (Å²) in [5.41, 5.74) is 0.992. The van der Waals surface area contributed by atoms with Crippen molar-refractivity contribution in [2.75, 3.05) is 20.3 Å². The fraction of sp³-hybridized carbons (Fsp3) is 0.429. The van der Waals surface area contributed by atoms with Gasteiger partial charge in [-0.25, -0.2) is 4.98 Å². The Balaban J connectivity index is 1.32. The van der Waals surface area contributed by atoms with E-state index in [0.717, 1.165) is 37.1 Å². The standard InChI is InChI=1S/C28H31F3N2O4/c1-4-27(26(34)35-3)15-5-16-33(27)18-20-6-12-23(13-7-20)36-17-14-24-19(2)37-25(32-24)21-8-10-22(11-9-21)28(29,30)31/h6-13H,4-5,14-18H2,1-3H3. The van der Waals surface area contributed by atoms with Crippen molar-refractivity contribution in [3.63, 3.8) is 0 Å². The van der Waals surface area contributed by atoms with Crippen molar-refractivity contribution < 1.29 is 31.9 Å². The molecule has 4 rings (SSSR count). The normalized spacial score (nSPS) is 18.2. The molecule has 0 radical (unpaired) electrons. The molecule has 1 saturated heterocycles. The summed E-state index contributed by atoms with van der Waals surface area (Å²) < 4.78 is 55.0. The molecule has 3 aromatic rings. The molecule has 9 heteroatoms. The number of oxazole rings is 1. The van der Waals surface area contributed by atoms with Crippen molar-refractivity contribution in [2.24, 2.45) is 0 Å². The summed E-state index contributed by atoms with van der Waals surface area (Å²) in [7, 11) is 1.44. The molecule has 0 amide bonds. The van der Waals surface area contributed by atoms with E-state index in [0.29, 0.717) is 48.8 Å². The molecule has 37 heavy (non-hydrogen) atoms. The number of hydrogen-bond donors (Lipinski definition) is 0. The van der Waals surface area contributed by atoms with Crippen LogP contribution >= 0.6 is 0 Å². The first-order chi connectivity index (χ1) is 17.7. The van der Waals surface area contributed by atoms with Gasteiger partial charge in [-0.15, -0.1) is 0 Å². The van der Waals surface area contributed by atoms with Crippen molar-refractivity contribution in [3.8, 4) is 17.2 Å². The number of likely N-dealkylation sites (tertiary alicyclic amines) is 1. The van der Waals surface area contributed by atoms with Crippen LogP contribution in [0.25, 0.3) is 11.5 Å². The van der Waals surface area contributed by atoms with E-state index in [4.69, 9.17) is 13.9 Å². The average Bonchev–Trinajstić information content (AvgIpc) is 3.47. The van der Waals surface area contributed by atoms with E-state index in [1.54, 1.807) is 6.92 Å². The van der Waals surface area contributed by atoms with Crippen LogP contribution in [0.5, 0.6) is 5.75 Å². The summed E-state index contributed by atoms with van der Waals surface area (Å²) in [5, 5.41) is 0. The van der Waals surface area contributed by atoms with Gasteiger partial charge in [-0.3, -0.25) is 9.69 Å². The van der Waals surface area contributed by atoms with Crippen molar-refractivity contribution >= 4 is 5.97 Å². The van der Waals surface area contributed by atoms with E-state index in [1.807, 2.05) is 31.2 Å². The highest BCUT2D eigenvalue weighted by atomic mass is 19.4.